The number of aromatic nitrogens is 7. The molecule has 0 saturated heterocycles. The third-order valence-corrected chi connectivity index (χ3v) is 5.17. The van der Waals surface area contributed by atoms with Crippen LogP contribution in [-0.2, 0) is 13.1 Å². The van der Waals surface area contributed by atoms with Crippen LogP contribution in [0.5, 0.6) is 0 Å². The summed E-state index contributed by atoms with van der Waals surface area (Å²) in [6, 6.07) is 2.03. The van der Waals surface area contributed by atoms with Gasteiger partial charge >= 0.3 is 0 Å². The fourth-order valence-corrected chi connectivity index (χ4v) is 3.79. The monoisotopic (exact) mass is 397 g/mol. The molecule has 4 rings (SSSR count). The quantitative estimate of drug-likeness (QED) is 0.385. The van der Waals surface area contributed by atoms with Gasteiger partial charge in [-0.15, -0.1) is 16.4 Å². The maximum Gasteiger partial charge on any atom is 0.221 e. The van der Waals surface area contributed by atoms with Crippen molar-refractivity contribution < 1.29 is 5.11 Å². The second kappa shape index (κ2) is 7.82. The van der Waals surface area contributed by atoms with E-state index in [0.29, 0.717) is 30.1 Å². The van der Waals surface area contributed by atoms with E-state index in [-0.39, 0.29) is 6.61 Å². The number of thiophene rings is 1. The molecular weight excluding hydrogens is 378 g/mol. The van der Waals surface area contributed by atoms with E-state index in [1.54, 1.807) is 21.8 Å². The Morgan fingerprint density at radius 2 is 2.25 bits per heavy atom. The topological polar surface area (TPSA) is 130 Å². The molecule has 144 valence electrons. The maximum absolute atomic E-state index is 9.04. The summed E-state index contributed by atoms with van der Waals surface area (Å²) >= 11 is 1.54. The van der Waals surface area contributed by atoms with Crippen molar-refractivity contribution >= 4 is 34.5 Å². The van der Waals surface area contributed by atoms with Crippen molar-refractivity contribution in [2.75, 3.05) is 18.5 Å². The van der Waals surface area contributed by atoms with E-state index >= 15 is 0 Å². The van der Waals surface area contributed by atoms with Crippen LogP contribution in [0.15, 0.2) is 24.7 Å². The molecule has 11 heteroatoms. The van der Waals surface area contributed by atoms with E-state index in [1.807, 2.05) is 19.2 Å². The summed E-state index contributed by atoms with van der Waals surface area (Å²) in [6.07, 6.45) is 6.51. The van der Waals surface area contributed by atoms with Crippen molar-refractivity contribution in [2.45, 2.75) is 20.0 Å². The normalized spacial score (nSPS) is 11.2. The minimum Gasteiger partial charge on any atom is -0.394 e. The summed E-state index contributed by atoms with van der Waals surface area (Å²) in [5.74, 6) is 0. The Morgan fingerprint density at radius 1 is 1.36 bits per heavy atom. The third-order valence-electron chi connectivity index (χ3n) is 4.10. The van der Waals surface area contributed by atoms with E-state index in [2.05, 4.69) is 30.7 Å². The van der Waals surface area contributed by atoms with E-state index in [1.165, 1.54) is 17.6 Å². The van der Waals surface area contributed by atoms with Crippen LogP contribution in [0.2, 0.25) is 0 Å². The number of fused-ring (bicyclic) bond motifs is 1. The fraction of sp³-hybridized carbons (Fsp3) is 0.294. The van der Waals surface area contributed by atoms with Crippen LogP contribution in [0, 0.1) is 5.41 Å². The highest BCUT2D eigenvalue weighted by molar-refractivity contribution is 7.14. The van der Waals surface area contributed by atoms with E-state index < -0.39 is 0 Å². The van der Waals surface area contributed by atoms with Gasteiger partial charge in [-0.2, -0.15) is 5.10 Å². The molecule has 4 aromatic rings. The Kier molecular flexibility index (Phi) is 5.08. The van der Waals surface area contributed by atoms with E-state index in [4.69, 9.17) is 10.5 Å². The summed E-state index contributed by atoms with van der Waals surface area (Å²) in [7, 11) is 0. The van der Waals surface area contributed by atoms with Gasteiger partial charge in [0.1, 0.15) is 0 Å². The number of nitrogens with one attached hydrogen (secondary N) is 2. The number of rotatable bonds is 8. The summed E-state index contributed by atoms with van der Waals surface area (Å²) in [4.78, 5) is 10.9. The average Bonchev–Trinajstić information content (AvgIpc) is 3.42. The lowest BCUT2D eigenvalue weighted by Gasteiger charge is -2.01. The van der Waals surface area contributed by atoms with Crippen LogP contribution in [0.3, 0.4) is 0 Å². The van der Waals surface area contributed by atoms with Gasteiger partial charge < -0.3 is 15.8 Å². The zero-order valence-electron chi connectivity index (χ0n) is 15.2. The molecule has 0 bridgehead atoms. The largest absolute Gasteiger partial charge is 0.394 e. The zero-order valence-corrected chi connectivity index (χ0v) is 16.0. The van der Waals surface area contributed by atoms with Gasteiger partial charge in [0.25, 0.3) is 0 Å². The first kappa shape index (κ1) is 18.2. The van der Waals surface area contributed by atoms with Gasteiger partial charge in [0.15, 0.2) is 5.65 Å². The summed E-state index contributed by atoms with van der Waals surface area (Å²) in [5.41, 5.74) is 3.49. The molecule has 4 aromatic heterocycles. The molecule has 28 heavy (non-hydrogen) atoms. The molecule has 0 atom stereocenters. The lowest BCUT2D eigenvalue weighted by atomic mass is 10.3. The molecular formula is C17H19N9OS. The lowest BCUT2D eigenvalue weighted by Crippen LogP contribution is -2.02. The number of hydrogen-bond donors (Lipinski definition) is 3. The predicted molar refractivity (Wildman–Crippen MR) is 107 cm³/mol. The van der Waals surface area contributed by atoms with Gasteiger partial charge in [-0.3, -0.25) is 4.68 Å². The Morgan fingerprint density at radius 3 is 3.04 bits per heavy atom. The van der Waals surface area contributed by atoms with Crippen LogP contribution in [0.4, 0.5) is 5.69 Å². The molecule has 0 fully saturated rings. The van der Waals surface area contributed by atoms with Gasteiger partial charge in [0.05, 0.1) is 48.3 Å². The minimum absolute atomic E-state index is 0.0238. The van der Waals surface area contributed by atoms with Crippen LogP contribution < -0.4 is 5.32 Å². The molecule has 0 spiro atoms. The molecule has 0 aliphatic heterocycles. The Bertz CT molecular complexity index is 1110. The van der Waals surface area contributed by atoms with Crippen LogP contribution in [0.1, 0.15) is 16.7 Å². The first-order valence-corrected chi connectivity index (χ1v) is 9.60. The van der Waals surface area contributed by atoms with E-state index in [9.17, 15) is 0 Å². The first-order valence-electron chi connectivity index (χ1n) is 8.78. The number of nitrogens with zero attached hydrogens (tertiary/aromatic N) is 7. The molecule has 4 heterocycles. The fourth-order valence-electron chi connectivity index (χ4n) is 2.84. The first-order chi connectivity index (χ1) is 13.7. The van der Waals surface area contributed by atoms with Crippen molar-refractivity contribution in [3.63, 3.8) is 0 Å². The molecule has 0 aliphatic rings. The Hall–Kier alpha value is -3.18. The highest BCUT2D eigenvalue weighted by atomic mass is 32.1. The molecule has 0 aromatic carbocycles. The summed E-state index contributed by atoms with van der Waals surface area (Å²) < 4.78 is 3.36. The summed E-state index contributed by atoms with van der Waals surface area (Å²) in [6.45, 7) is 3.76. The molecule has 0 saturated carbocycles. The highest BCUT2D eigenvalue weighted by Gasteiger charge is 2.14. The van der Waals surface area contributed by atoms with Crippen molar-refractivity contribution in [1.29, 1.82) is 5.41 Å². The van der Waals surface area contributed by atoms with Crippen molar-refractivity contribution in [2.24, 2.45) is 0 Å². The molecule has 0 aliphatic carbocycles. The molecule has 0 amide bonds. The van der Waals surface area contributed by atoms with Crippen molar-refractivity contribution in [3.8, 4) is 11.3 Å². The second-order valence-corrected chi connectivity index (χ2v) is 7.20. The van der Waals surface area contributed by atoms with Gasteiger partial charge in [-0.1, -0.05) is 5.21 Å². The minimum atomic E-state index is 0.0238. The van der Waals surface area contributed by atoms with Gasteiger partial charge in [0.2, 0.25) is 5.65 Å². The number of aliphatic hydroxyl groups excluding tert-OH is 1. The maximum atomic E-state index is 9.04. The van der Waals surface area contributed by atoms with Gasteiger partial charge in [-0.25, -0.2) is 14.6 Å². The van der Waals surface area contributed by atoms with Gasteiger partial charge in [0, 0.05) is 29.4 Å². The number of aliphatic hydroxyl groups is 1. The van der Waals surface area contributed by atoms with Crippen molar-refractivity contribution in [3.05, 3.63) is 34.4 Å². The summed E-state index contributed by atoms with van der Waals surface area (Å²) in [5, 5.41) is 32.4. The van der Waals surface area contributed by atoms with E-state index in [0.717, 1.165) is 27.5 Å². The predicted octanol–water partition coefficient (Wildman–Crippen LogP) is 1.62. The SMILES string of the molecule is CCNc1cc(Cn2nnc3ncc(-c4cnn(CCO)c4)nc32)sc1C=N. The number of anilines is 1. The number of hydrogen-bond acceptors (Lipinski definition) is 9. The average molecular weight is 397 g/mol. The molecule has 3 N–H and O–H groups in total. The van der Waals surface area contributed by atoms with Gasteiger partial charge in [-0.05, 0) is 13.0 Å². The Balaban J connectivity index is 1.65. The molecule has 10 nitrogen and oxygen atoms in total. The lowest BCUT2D eigenvalue weighted by molar-refractivity contribution is 0.269. The zero-order chi connectivity index (χ0) is 19.5. The van der Waals surface area contributed by atoms with Crippen molar-refractivity contribution in [1.82, 2.24) is 34.7 Å². The Labute approximate surface area is 164 Å². The van der Waals surface area contributed by atoms with Crippen LogP contribution >= 0.6 is 11.3 Å². The highest BCUT2D eigenvalue weighted by Crippen LogP contribution is 2.27. The second-order valence-electron chi connectivity index (χ2n) is 6.03. The molecule has 0 unspecified atom stereocenters. The smallest absolute Gasteiger partial charge is 0.221 e. The third kappa shape index (κ3) is 3.49. The molecule has 0 radical (unpaired) electrons. The standard InChI is InChI=1S/C17H19N9OS/c1-2-19-13-5-12(28-15(13)6-18)10-26-17-16(23-24-26)20-8-14(22-17)11-7-21-25(9-11)3-4-27/h5-9,18-19,27H,2-4,10H2,1H3. The van der Waals surface area contributed by atoms with Crippen LogP contribution in [0.25, 0.3) is 22.6 Å². The van der Waals surface area contributed by atoms with Crippen LogP contribution in [-0.4, -0.2) is 59.2 Å².